The lowest BCUT2D eigenvalue weighted by molar-refractivity contribution is -0.114. The highest BCUT2D eigenvalue weighted by atomic mass is 16.1. The Bertz CT molecular complexity index is 554. The molecule has 0 aliphatic rings. The van der Waals surface area contributed by atoms with Crippen LogP contribution in [0, 0.1) is 5.92 Å². The van der Waals surface area contributed by atoms with Gasteiger partial charge in [0.1, 0.15) is 0 Å². The summed E-state index contributed by atoms with van der Waals surface area (Å²) in [5.74, 6) is 1.53. The van der Waals surface area contributed by atoms with E-state index in [1.165, 1.54) is 19.8 Å². The van der Waals surface area contributed by atoms with Crippen molar-refractivity contribution in [3.63, 3.8) is 0 Å². The largest absolute Gasteiger partial charge is 0.357 e. The Hall–Kier alpha value is -2.04. The van der Waals surface area contributed by atoms with Crippen molar-refractivity contribution in [1.82, 2.24) is 10.6 Å². The van der Waals surface area contributed by atoms with Crippen LogP contribution in [0.15, 0.2) is 29.3 Å². The van der Waals surface area contributed by atoms with E-state index in [2.05, 4.69) is 48.6 Å². The van der Waals surface area contributed by atoms with Crippen LogP contribution in [0.1, 0.15) is 59.4 Å². The minimum Gasteiger partial charge on any atom is -0.357 e. The van der Waals surface area contributed by atoms with Gasteiger partial charge in [0.25, 0.3) is 0 Å². The van der Waals surface area contributed by atoms with E-state index in [4.69, 9.17) is 0 Å². The number of aliphatic imine (C=N–C) groups is 1. The Morgan fingerprint density at radius 1 is 1.20 bits per heavy atom. The number of carbonyl (C=O) groups is 1. The lowest BCUT2D eigenvalue weighted by Gasteiger charge is -2.18. The number of hydrogen-bond donors (Lipinski definition) is 3. The third-order valence-corrected chi connectivity index (χ3v) is 3.81. The highest BCUT2D eigenvalue weighted by Crippen LogP contribution is 2.12. The molecule has 0 heterocycles. The molecule has 0 spiro atoms. The first kappa shape index (κ1) is 21.0. The molecule has 5 nitrogen and oxygen atoms in total. The fraction of sp³-hybridized carbons (Fsp3) is 0.600. The maximum atomic E-state index is 11.2. The van der Waals surface area contributed by atoms with Gasteiger partial charge in [-0.25, -0.2) is 4.99 Å². The molecule has 0 aliphatic heterocycles. The van der Waals surface area contributed by atoms with Crippen LogP contribution in [0.3, 0.4) is 0 Å². The van der Waals surface area contributed by atoms with E-state index in [-0.39, 0.29) is 5.91 Å². The van der Waals surface area contributed by atoms with Crippen LogP contribution in [-0.2, 0) is 11.3 Å². The Kier molecular flexibility index (Phi) is 9.66. The van der Waals surface area contributed by atoms with Gasteiger partial charge in [-0.15, -0.1) is 0 Å². The molecule has 1 atom stereocenters. The molecule has 25 heavy (non-hydrogen) atoms. The molecule has 0 saturated carbocycles. The molecule has 1 aromatic rings. The second-order valence-corrected chi connectivity index (χ2v) is 6.95. The molecule has 0 aliphatic carbocycles. The van der Waals surface area contributed by atoms with Gasteiger partial charge in [-0.1, -0.05) is 38.8 Å². The average Bonchev–Trinajstić information content (AvgIpc) is 2.52. The van der Waals surface area contributed by atoms with Crippen LogP contribution in [0.25, 0.3) is 0 Å². The summed E-state index contributed by atoms with van der Waals surface area (Å²) in [6.45, 7) is 11.7. The number of benzene rings is 1. The summed E-state index contributed by atoms with van der Waals surface area (Å²) in [5.41, 5.74) is 1.87. The molecule has 1 rings (SSSR count). The predicted molar refractivity (Wildman–Crippen MR) is 107 cm³/mol. The first-order valence-electron chi connectivity index (χ1n) is 9.32. The second kappa shape index (κ2) is 11.5. The van der Waals surface area contributed by atoms with E-state index < -0.39 is 0 Å². The molecule has 1 amide bonds. The van der Waals surface area contributed by atoms with E-state index in [0.29, 0.717) is 12.6 Å². The molecule has 0 fully saturated rings. The zero-order valence-electron chi connectivity index (χ0n) is 16.4. The highest BCUT2D eigenvalue weighted by molar-refractivity contribution is 5.88. The normalized spacial score (nSPS) is 12.8. The lowest BCUT2D eigenvalue weighted by Crippen LogP contribution is -2.42. The maximum Gasteiger partial charge on any atom is 0.221 e. The SMILES string of the molecule is CCNC(=NCc1cccc(NC(C)=O)c1)NC(C)CCCC(C)C. The number of carbonyl (C=O) groups excluding carboxylic acids is 1. The van der Waals surface area contributed by atoms with Gasteiger partial charge in [-0.05, 0) is 43.9 Å². The van der Waals surface area contributed by atoms with Crippen molar-refractivity contribution in [3.8, 4) is 0 Å². The van der Waals surface area contributed by atoms with Crippen molar-refractivity contribution in [3.05, 3.63) is 29.8 Å². The van der Waals surface area contributed by atoms with Gasteiger partial charge in [-0.2, -0.15) is 0 Å². The van der Waals surface area contributed by atoms with Gasteiger partial charge < -0.3 is 16.0 Å². The third kappa shape index (κ3) is 9.75. The summed E-state index contributed by atoms with van der Waals surface area (Å²) < 4.78 is 0. The maximum absolute atomic E-state index is 11.2. The molecule has 0 aromatic heterocycles. The zero-order chi connectivity index (χ0) is 18.7. The van der Waals surface area contributed by atoms with Crippen LogP contribution in [0.4, 0.5) is 5.69 Å². The van der Waals surface area contributed by atoms with E-state index in [9.17, 15) is 4.79 Å². The standard InChI is InChI=1S/C20H34N4O/c1-6-21-20(23-16(4)10-7-9-15(2)3)22-14-18-11-8-12-19(13-18)24-17(5)25/h8,11-13,15-16H,6-7,9-10,14H2,1-5H3,(H,24,25)(H2,21,22,23). The molecule has 1 unspecified atom stereocenters. The smallest absolute Gasteiger partial charge is 0.221 e. The lowest BCUT2D eigenvalue weighted by atomic mass is 10.0. The highest BCUT2D eigenvalue weighted by Gasteiger charge is 2.06. The van der Waals surface area contributed by atoms with Gasteiger partial charge in [-0.3, -0.25) is 4.79 Å². The summed E-state index contributed by atoms with van der Waals surface area (Å²) in [6, 6.07) is 8.19. The van der Waals surface area contributed by atoms with Crippen LogP contribution in [-0.4, -0.2) is 24.5 Å². The van der Waals surface area contributed by atoms with E-state index in [0.717, 1.165) is 36.1 Å². The fourth-order valence-electron chi connectivity index (χ4n) is 2.58. The van der Waals surface area contributed by atoms with Gasteiger partial charge in [0, 0.05) is 25.2 Å². The number of amides is 1. The summed E-state index contributed by atoms with van der Waals surface area (Å²) >= 11 is 0. The summed E-state index contributed by atoms with van der Waals surface area (Å²) in [7, 11) is 0. The molecule has 140 valence electrons. The number of nitrogens with zero attached hydrogens (tertiary/aromatic N) is 1. The van der Waals surface area contributed by atoms with E-state index >= 15 is 0 Å². The Balaban J connectivity index is 2.61. The first-order valence-corrected chi connectivity index (χ1v) is 9.32. The topological polar surface area (TPSA) is 65.5 Å². The Morgan fingerprint density at radius 2 is 1.96 bits per heavy atom. The van der Waals surface area contributed by atoms with Crippen molar-refractivity contribution >= 4 is 17.6 Å². The third-order valence-electron chi connectivity index (χ3n) is 3.81. The van der Waals surface area contributed by atoms with Gasteiger partial charge in [0.2, 0.25) is 5.91 Å². The minimum absolute atomic E-state index is 0.0640. The van der Waals surface area contributed by atoms with Crippen LogP contribution < -0.4 is 16.0 Å². The second-order valence-electron chi connectivity index (χ2n) is 6.95. The molecular formula is C20H34N4O. The zero-order valence-corrected chi connectivity index (χ0v) is 16.4. The van der Waals surface area contributed by atoms with Crippen molar-refractivity contribution in [1.29, 1.82) is 0 Å². The molecule has 0 radical (unpaired) electrons. The Morgan fingerprint density at radius 3 is 2.60 bits per heavy atom. The Labute approximate surface area is 152 Å². The van der Waals surface area contributed by atoms with E-state index in [1.807, 2.05) is 24.3 Å². The summed E-state index contributed by atoms with van der Waals surface area (Å²) in [5, 5.41) is 9.58. The quantitative estimate of drug-likeness (QED) is 0.469. The van der Waals surface area contributed by atoms with Crippen LogP contribution in [0.2, 0.25) is 0 Å². The van der Waals surface area contributed by atoms with Crippen molar-refractivity contribution < 1.29 is 4.79 Å². The van der Waals surface area contributed by atoms with Crippen molar-refractivity contribution in [2.45, 2.75) is 66.5 Å². The minimum atomic E-state index is -0.0640. The van der Waals surface area contributed by atoms with Crippen molar-refractivity contribution in [2.75, 3.05) is 11.9 Å². The first-order chi connectivity index (χ1) is 11.9. The molecule has 0 bridgehead atoms. The number of rotatable bonds is 9. The van der Waals surface area contributed by atoms with Gasteiger partial charge in [0.05, 0.1) is 6.54 Å². The molecule has 5 heteroatoms. The molecule has 1 aromatic carbocycles. The molecule has 0 saturated heterocycles. The van der Waals surface area contributed by atoms with E-state index in [1.54, 1.807) is 0 Å². The van der Waals surface area contributed by atoms with Crippen molar-refractivity contribution in [2.24, 2.45) is 10.9 Å². The number of hydrogen-bond acceptors (Lipinski definition) is 2. The summed E-state index contributed by atoms with van der Waals surface area (Å²) in [6.07, 6.45) is 3.63. The fourth-order valence-corrected chi connectivity index (χ4v) is 2.58. The average molecular weight is 347 g/mol. The monoisotopic (exact) mass is 346 g/mol. The number of guanidine groups is 1. The molecular weight excluding hydrogens is 312 g/mol. The van der Waals surface area contributed by atoms with Crippen LogP contribution >= 0.6 is 0 Å². The van der Waals surface area contributed by atoms with Gasteiger partial charge in [0.15, 0.2) is 5.96 Å². The predicted octanol–water partition coefficient (Wildman–Crippen LogP) is 3.91. The number of nitrogens with one attached hydrogen (secondary N) is 3. The van der Waals surface area contributed by atoms with Crippen LogP contribution in [0.5, 0.6) is 0 Å². The number of anilines is 1. The van der Waals surface area contributed by atoms with Gasteiger partial charge >= 0.3 is 0 Å². The summed E-state index contributed by atoms with van der Waals surface area (Å²) in [4.78, 5) is 15.8. The molecule has 3 N–H and O–H groups in total.